The molecule has 4 heteroatoms. The van der Waals surface area contributed by atoms with E-state index in [1.165, 1.54) is 0 Å². The lowest BCUT2D eigenvalue weighted by molar-refractivity contribution is 0.244. The smallest absolute Gasteiger partial charge is 0.126 e. The van der Waals surface area contributed by atoms with Crippen LogP contribution in [0.15, 0.2) is 23.2 Å². The van der Waals surface area contributed by atoms with Gasteiger partial charge in [0.1, 0.15) is 12.4 Å². The molecule has 1 aromatic rings. The third-order valence-electron chi connectivity index (χ3n) is 2.39. The van der Waals surface area contributed by atoms with E-state index < -0.39 is 0 Å². The van der Waals surface area contributed by atoms with Gasteiger partial charge in [-0.2, -0.15) is 0 Å². The van der Waals surface area contributed by atoms with Crippen molar-refractivity contribution in [3.63, 3.8) is 0 Å². The lowest BCUT2D eigenvalue weighted by Crippen LogP contribution is -2.17. The van der Waals surface area contributed by atoms with Crippen molar-refractivity contribution in [2.24, 2.45) is 16.5 Å². The summed E-state index contributed by atoms with van der Waals surface area (Å²) in [5.41, 5.74) is 14.6. The average Bonchev–Trinajstić information content (AvgIpc) is 2.21. The number of hydrogen-bond donors (Lipinski definition) is 2. The quantitative estimate of drug-likeness (QED) is 0.599. The van der Waals surface area contributed by atoms with Crippen LogP contribution in [0.2, 0.25) is 0 Å². The van der Waals surface area contributed by atoms with E-state index in [0.717, 1.165) is 16.8 Å². The number of nitrogens with zero attached hydrogens (tertiary/aromatic N) is 1. The average molecular weight is 221 g/mol. The summed E-state index contributed by atoms with van der Waals surface area (Å²) in [6, 6.07) is 5.86. The van der Waals surface area contributed by atoms with Gasteiger partial charge in [-0.1, -0.05) is 12.1 Å². The number of rotatable bonds is 4. The molecule has 16 heavy (non-hydrogen) atoms. The van der Waals surface area contributed by atoms with Crippen LogP contribution in [0.4, 0.5) is 5.69 Å². The Morgan fingerprint density at radius 2 is 2.19 bits per heavy atom. The molecular weight excluding hydrogens is 202 g/mol. The number of aliphatic imine (C=N–C) groups is 1. The normalized spacial score (nSPS) is 13.9. The highest BCUT2D eigenvalue weighted by atomic mass is 16.5. The Hall–Kier alpha value is -1.39. The van der Waals surface area contributed by atoms with Gasteiger partial charge in [-0.3, -0.25) is 0 Å². The van der Waals surface area contributed by atoms with Crippen molar-refractivity contribution in [1.82, 2.24) is 0 Å². The van der Waals surface area contributed by atoms with Crippen molar-refractivity contribution in [1.29, 1.82) is 0 Å². The molecule has 0 spiro atoms. The van der Waals surface area contributed by atoms with Crippen LogP contribution in [0.3, 0.4) is 0 Å². The molecule has 4 nitrogen and oxygen atoms in total. The fourth-order valence-corrected chi connectivity index (χ4v) is 1.59. The maximum atomic E-state index is 5.87. The Kier molecular flexibility index (Phi) is 4.46. The van der Waals surface area contributed by atoms with Gasteiger partial charge in [0, 0.05) is 13.2 Å². The molecule has 4 N–H and O–H groups in total. The second kappa shape index (κ2) is 5.63. The van der Waals surface area contributed by atoms with Gasteiger partial charge in [0.25, 0.3) is 0 Å². The summed E-state index contributed by atoms with van der Waals surface area (Å²) < 4.78 is 4.91. The SMILES string of the molecule is COCC(N)=Nc1cccc([C@H](C)N)c1C. The zero-order valence-corrected chi connectivity index (χ0v) is 10.0. The molecule has 0 saturated carbocycles. The van der Waals surface area contributed by atoms with Crippen molar-refractivity contribution in [3.8, 4) is 0 Å². The van der Waals surface area contributed by atoms with Gasteiger partial charge in [-0.05, 0) is 31.0 Å². The second-order valence-corrected chi connectivity index (χ2v) is 3.82. The zero-order chi connectivity index (χ0) is 12.1. The molecule has 1 atom stereocenters. The van der Waals surface area contributed by atoms with Gasteiger partial charge >= 0.3 is 0 Å². The van der Waals surface area contributed by atoms with Gasteiger partial charge < -0.3 is 16.2 Å². The minimum absolute atomic E-state index is 0.00111. The highest BCUT2D eigenvalue weighted by Crippen LogP contribution is 2.25. The summed E-state index contributed by atoms with van der Waals surface area (Å²) in [5, 5.41) is 0. The summed E-state index contributed by atoms with van der Waals surface area (Å²) in [6.45, 7) is 4.29. The number of nitrogens with two attached hydrogens (primary N) is 2. The van der Waals surface area contributed by atoms with Gasteiger partial charge in [-0.15, -0.1) is 0 Å². The molecule has 0 unspecified atom stereocenters. The van der Waals surface area contributed by atoms with Gasteiger partial charge in [0.05, 0.1) is 5.69 Å². The van der Waals surface area contributed by atoms with E-state index in [9.17, 15) is 0 Å². The van der Waals surface area contributed by atoms with Crippen LogP contribution in [0.25, 0.3) is 0 Å². The van der Waals surface area contributed by atoms with E-state index in [0.29, 0.717) is 12.4 Å². The van der Waals surface area contributed by atoms with Crippen LogP contribution in [-0.4, -0.2) is 19.6 Å². The number of ether oxygens (including phenoxy) is 1. The molecule has 0 heterocycles. The van der Waals surface area contributed by atoms with Crippen LogP contribution in [-0.2, 0) is 4.74 Å². The fourth-order valence-electron chi connectivity index (χ4n) is 1.59. The van der Waals surface area contributed by atoms with E-state index in [-0.39, 0.29) is 6.04 Å². The topological polar surface area (TPSA) is 73.6 Å². The standard InChI is InChI=1S/C12H19N3O/c1-8-10(9(2)13)5-4-6-11(8)15-12(14)7-16-3/h4-6,9H,7,13H2,1-3H3,(H2,14,15)/t9-/m0/s1. The van der Waals surface area contributed by atoms with E-state index in [1.54, 1.807) is 7.11 Å². The first-order valence-electron chi connectivity index (χ1n) is 5.23. The molecule has 0 aliphatic carbocycles. The van der Waals surface area contributed by atoms with Gasteiger partial charge in [0.15, 0.2) is 0 Å². The number of amidine groups is 1. The molecule has 88 valence electrons. The molecule has 0 aliphatic rings. The van der Waals surface area contributed by atoms with Crippen molar-refractivity contribution < 1.29 is 4.74 Å². The molecule has 0 saturated heterocycles. The van der Waals surface area contributed by atoms with Crippen LogP contribution >= 0.6 is 0 Å². The van der Waals surface area contributed by atoms with Crippen molar-refractivity contribution >= 4 is 11.5 Å². The third kappa shape index (κ3) is 3.05. The van der Waals surface area contributed by atoms with E-state index >= 15 is 0 Å². The fraction of sp³-hybridized carbons (Fsp3) is 0.417. The molecular formula is C12H19N3O. The zero-order valence-electron chi connectivity index (χ0n) is 10.0. The maximum Gasteiger partial charge on any atom is 0.126 e. The Morgan fingerprint density at radius 3 is 2.75 bits per heavy atom. The third-order valence-corrected chi connectivity index (χ3v) is 2.39. The van der Waals surface area contributed by atoms with Gasteiger partial charge in [-0.25, -0.2) is 4.99 Å². The summed E-state index contributed by atoms with van der Waals surface area (Å²) in [6.07, 6.45) is 0. The predicted molar refractivity (Wildman–Crippen MR) is 66.9 cm³/mol. The molecule has 0 aromatic heterocycles. The Bertz CT molecular complexity index is 386. The first-order valence-corrected chi connectivity index (χ1v) is 5.23. The minimum atomic E-state index is -0.00111. The van der Waals surface area contributed by atoms with E-state index in [2.05, 4.69) is 4.99 Å². The highest BCUT2D eigenvalue weighted by molar-refractivity contribution is 5.84. The first kappa shape index (κ1) is 12.7. The molecule has 0 radical (unpaired) electrons. The van der Waals surface area contributed by atoms with Crippen molar-refractivity contribution in [2.45, 2.75) is 19.9 Å². The minimum Gasteiger partial charge on any atom is -0.385 e. The van der Waals surface area contributed by atoms with Crippen molar-refractivity contribution in [3.05, 3.63) is 29.3 Å². The molecule has 0 aliphatic heterocycles. The Balaban J connectivity index is 3.06. The summed E-state index contributed by atoms with van der Waals surface area (Å²) >= 11 is 0. The van der Waals surface area contributed by atoms with Crippen LogP contribution in [0, 0.1) is 6.92 Å². The summed E-state index contributed by atoms with van der Waals surface area (Å²) in [4.78, 5) is 4.31. The number of hydrogen-bond acceptors (Lipinski definition) is 3. The lowest BCUT2D eigenvalue weighted by Gasteiger charge is -2.11. The molecule has 1 aromatic carbocycles. The summed E-state index contributed by atoms with van der Waals surface area (Å²) in [5.74, 6) is 0.465. The lowest BCUT2D eigenvalue weighted by atomic mass is 10.0. The maximum absolute atomic E-state index is 5.87. The highest BCUT2D eigenvalue weighted by Gasteiger charge is 2.06. The number of benzene rings is 1. The van der Waals surface area contributed by atoms with Gasteiger partial charge in [0.2, 0.25) is 0 Å². The van der Waals surface area contributed by atoms with Crippen LogP contribution in [0.5, 0.6) is 0 Å². The molecule has 0 amide bonds. The van der Waals surface area contributed by atoms with E-state index in [1.807, 2.05) is 32.0 Å². The van der Waals surface area contributed by atoms with Crippen LogP contribution < -0.4 is 11.5 Å². The largest absolute Gasteiger partial charge is 0.385 e. The summed E-state index contributed by atoms with van der Waals surface area (Å²) in [7, 11) is 1.59. The Morgan fingerprint density at radius 1 is 1.50 bits per heavy atom. The predicted octanol–water partition coefficient (Wildman–Crippen LogP) is 1.65. The van der Waals surface area contributed by atoms with E-state index in [4.69, 9.17) is 16.2 Å². The van der Waals surface area contributed by atoms with Crippen LogP contribution in [0.1, 0.15) is 24.1 Å². The number of methoxy groups -OCH3 is 1. The van der Waals surface area contributed by atoms with Crippen molar-refractivity contribution in [2.75, 3.05) is 13.7 Å². The molecule has 0 fully saturated rings. The molecule has 1 rings (SSSR count). The molecule has 0 bridgehead atoms. The monoisotopic (exact) mass is 221 g/mol. The Labute approximate surface area is 96.3 Å². The second-order valence-electron chi connectivity index (χ2n) is 3.82. The first-order chi connectivity index (χ1) is 7.56.